The van der Waals surface area contributed by atoms with E-state index in [1.54, 1.807) is 0 Å². The average Bonchev–Trinajstić information content (AvgIpc) is 2.35. The van der Waals surface area contributed by atoms with Crippen molar-refractivity contribution in [1.82, 2.24) is 0 Å². The second-order valence-electron chi connectivity index (χ2n) is 4.27. The van der Waals surface area contributed by atoms with Crippen LogP contribution in [-0.4, -0.2) is 11.1 Å². The first-order valence-corrected chi connectivity index (χ1v) is 6.00. The molecule has 0 saturated heterocycles. The van der Waals surface area contributed by atoms with Crippen molar-refractivity contribution in [2.24, 2.45) is 5.92 Å². The Bertz CT molecular complexity index is 596. The molecule has 1 atom stereocenters. The third-order valence-corrected chi connectivity index (χ3v) is 2.96. The second kappa shape index (κ2) is 6.15. The molecule has 0 aromatic heterocycles. The summed E-state index contributed by atoms with van der Waals surface area (Å²) < 4.78 is 75.8. The van der Waals surface area contributed by atoms with Crippen molar-refractivity contribution in [2.75, 3.05) is 5.32 Å². The number of rotatable bonds is 3. The number of carbonyl (C=O) groups excluding carboxylic acids is 2. The summed E-state index contributed by atoms with van der Waals surface area (Å²) in [5, 5.41) is 0.847. The Morgan fingerprint density at radius 3 is 1.95 bits per heavy atom. The molecule has 3 nitrogen and oxygen atoms in total. The fraction of sp³-hybridized carbons (Fsp3) is 0.333. The highest BCUT2D eigenvalue weighted by molar-refractivity contribution is 6.65. The zero-order valence-corrected chi connectivity index (χ0v) is 11.5. The summed E-state index contributed by atoms with van der Waals surface area (Å²) in [5.41, 5.74) is -4.35. The van der Waals surface area contributed by atoms with Gasteiger partial charge in [0, 0.05) is 5.69 Å². The minimum absolute atomic E-state index is 0.145. The van der Waals surface area contributed by atoms with E-state index < -0.39 is 46.2 Å². The van der Waals surface area contributed by atoms with Crippen LogP contribution < -0.4 is 5.32 Å². The van der Waals surface area contributed by atoms with Gasteiger partial charge in [-0.25, -0.2) is 0 Å². The van der Waals surface area contributed by atoms with Gasteiger partial charge in [-0.05, 0) is 36.7 Å². The van der Waals surface area contributed by atoms with Crippen LogP contribution in [0.25, 0.3) is 0 Å². The van der Waals surface area contributed by atoms with E-state index >= 15 is 0 Å². The lowest BCUT2D eigenvalue weighted by Crippen LogP contribution is -2.25. The number of nitrogens with one attached hydrogen (secondary N) is 1. The molecule has 0 aliphatic carbocycles. The van der Waals surface area contributed by atoms with Crippen LogP contribution in [0.3, 0.4) is 0 Å². The summed E-state index contributed by atoms with van der Waals surface area (Å²) in [6, 6.07) is 0.999. The highest BCUT2D eigenvalue weighted by atomic mass is 35.5. The summed E-state index contributed by atoms with van der Waals surface area (Å²) in [5.74, 6) is -2.40. The van der Waals surface area contributed by atoms with E-state index in [-0.39, 0.29) is 12.1 Å². The zero-order chi connectivity index (χ0) is 17.3. The van der Waals surface area contributed by atoms with Gasteiger partial charge in [0.25, 0.3) is 0 Å². The molecule has 1 rings (SSSR count). The zero-order valence-electron chi connectivity index (χ0n) is 10.8. The molecule has 1 aromatic carbocycles. The first-order valence-electron chi connectivity index (χ1n) is 5.62. The Morgan fingerprint density at radius 2 is 1.55 bits per heavy atom. The first kappa shape index (κ1) is 18.3. The molecule has 1 amide bonds. The summed E-state index contributed by atoms with van der Waals surface area (Å²) in [7, 11) is 0. The van der Waals surface area contributed by atoms with E-state index in [4.69, 9.17) is 11.6 Å². The molecular weight excluding hydrogens is 340 g/mol. The van der Waals surface area contributed by atoms with Crippen LogP contribution in [0.4, 0.5) is 32.0 Å². The van der Waals surface area contributed by atoms with Crippen LogP contribution in [0.5, 0.6) is 0 Å². The SMILES string of the molecule is CC(C(=O)Cl)C(=O)Nc1ccc(C(F)(F)F)c(C(F)(F)F)c1. The molecule has 0 aliphatic heterocycles. The van der Waals surface area contributed by atoms with Crippen LogP contribution in [0.1, 0.15) is 18.1 Å². The number of amides is 1. The maximum atomic E-state index is 12.7. The van der Waals surface area contributed by atoms with Crippen LogP contribution in [0.2, 0.25) is 0 Å². The lowest BCUT2D eigenvalue weighted by molar-refractivity contribution is -0.162. The second-order valence-corrected chi connectivity index (χ2v) is 4.64. The highest BCUT2D eigenvalue weighted by Crippen LogP contribution is 2.41. The molecule has 1 aromatic rings. The standard InChI is InChI=1S/C12H8ClF6NO2/c1-5(9(13)21)10(22)20-6-2-3-7(11(14,15)16)8(4-6)12(17,18)19/h2-5H,1H3,(H,20,22). The third kappa shape index (κ3) is 4.36. The van der Waals surface area contributed by atoms with E-state index in [0.29, 0.717) is 6.07 Å². The fourth-order valence-corrected chi connectivity index (χ4v) is 1.56. The van der Waals surface area contributed by atoms with E-state index in [9.17, 15) is 35.9 Å². The van der Waals surface area contributed by atoms with Crippen molar-refractivity contribution in [2.45, 2.75) is 19.3 Å². The molecule has 10 heteroatoms. The number of hydrogen-bond donors (Lipinski definition) is 1. The monoisotopic (exact) mass is 347 g/mol. The first-order chi connectivity index (χ1) is 9.84. The van der Waals surface area contributed by atoms with Crippen molar-refractivity contribution < 1.29 is 35.9 Å². The lowest BCUT2D eigenvalue weighted by atomic mass is 10.1. The molecule has 0 saturated carbocycles. The van der Waals surface area contributed by atoms with Gasteiger partial charge in [0.1, 0.15) is 5.92 Å². The van der Waals surface area contributed by atoms with E-state index in [0.717, 1.165) is 6.92 Å². The summed E-state index contributed by atoms with van der Waals surface area (Å²) in [4.78, 5) is 22.2. The molecule has 22 heavy (non-hydrogen) atoms. The topological polar surface area (TPSA) is 46.2 Å². The maximum absolute atomic E-state index is 12.7. The molecule has 0 fully saturated rings. The van der Waals surface area contributed by atoms with Crippen molar-refractivity contribution in [1.29, 1.82) is 0 Å². The predicted molar refractivity (Wildman–Crippen MR) is 65.1 cm³/mol. The molecule has 122 valence electrons. The van der Waals surface area contributed by atoms with Gasteiger partial charge in [0.15, 0.2) is 0 Å². The molecule has 0 aliphatic rings. The fourth-order valence-electron chi connectivity index (χ4n) is 1.46. The Balaban J connectivity index is 3.21. The Hall–Kier alpha value is -1.77. The van der Waals surface area contributed by atoms with Crippen molar-refractivity contribution in [3.8, 4) is 0 Å². The Kier molecular flexibility index (Phi) is 5.11. The van der Waals surface area contributed by atoms with Gasteiger partial charge in [-0.2, -0.15) is 26.3 Å². The smallest absolute Gasteiger partial charge is 0.325 e. The maximum Gasteiger partial charge on any atom is 0.417 e. The van der Waals surface area contributed by atoms with E-state index in [1.165, 1.54) is 0 Å². The number of anilines is 1. The molecule has 0 radical (unpaired) electrons. The quantitative estimate of drug-likeness (QED) is 0.509. The summed E-state index contributed by atoms with van der Waals surface area (Å²) in [6.45, 7) is 1.10. The number of benzene rings is 1. The van der Waals surface area contributed by atoms with Crippen molar-refractivity contribution in [3.63, 3.8) is 0 Å². The minimum Gasteiger partial charge on any atom is -0.325 e. The Labute approximate surface area is 125 Å². The molecule has 0 spiro atoms. The van der Waals surface area contributed by atoms with Gasteiger partial charge in [0.05, 0.1) is 11.1 Å². The van der Waals surface area contributed by atoms with Crippen LogP contribution in [0.15, 0.2) is 18.2 Å². The lowest BCUT2D eigenvalue weighted by Gasteiger charge is -2.17. The molecule has 0 bridgehead atoms. The average molecular weight is 348 g/mol. The normalized spacial score (nSPS) is 13.6. The van der Waals surface area contributed by atoms with E-state index in [2.05, 4.69) is 0 Å². The minimum atomic E-state index is -5.26. The molecular formula is C12H8ClF6NO2. The van der Waals surface area contributed by atoms with Gasteiger partial charge < -0.3 is 5.32 Å². The third-order valence-electron chi connectivity index (χ3n) is 2.63. The van der Waals surface area contributed by atoms with Crippen LogP contribution in [0, 0.1) is 5.92 Å². The van der Waals surface area contributed by atoms with Gasteiger partial charge in [-0.15, -0.1) is 0 Å². The Morgan fingerprint density at radius 1 is 1.05 bits per heavy atom. The van der Waals surface area contributed by atoms with Crippen molar-refractivity contribution >= 4 is 28.4 Å². The van der Waals surface area contributed by atoms with Crippen molar-refractivity contribution in [3.05, 3.63) is 29.3 Å². The summed E-state index contributed by atoms with van der Waals surface area (Å²) in [6.07, 6.45) is -10.5. The highest BCUT2D eigenvalue weighted by Gasteiger charge is 2.43. The molecule has 1 N–H and O–H groups in total. The van der Waals surface area contributed by atoms with E-state index in [1.807, 2.05) is 5.32 Å². The van der Waals surface area contributed by atoms with Crippen LogP contribution in [-0.2, 0) is 21.9 Å². The van der Waals surface area contributed by atoms with Gasteiger partial charge in [-0.3, -0.25) is 9.59 Å². The molecule has 0 heterocycles. The number of halogens is 7. The molecule has 1 unspecified atom stereocenters. The predicted octanol–water partition coefficient (Wildman–Crippen LogP) is 4.06. The van der Waals surface area contributed by atoms with Gasteiger partial charge in [0.2, 0.25) is 11.1 Å². The largest absolute Gasteiger partial charge is 0.417 e. The van der Waals surface area contributed by atoms with Crippen LogP contribution >= 0.6 is 11.6 Å². The van der Waals surface area contributed by atoms with Gasteiger partial charge in [-0.1, -0.05) is 0 Å². The number of hydrogen-bond acceptors (Lipinski definition) is 2. The summed E-state index contributed by atoms with van der Waals surface area (Å²) >= 11 is 5.05. The van der Waals surface area contributed by atoms with Gasteiger partial charge >= 0.3 is 12.4 Å². The number of carbonyl (C=O) groups is 2. The number of alkyl halides is 6.